The van der Waals surface area contributed by atoms with Crippen LogP contribution >= 0.6 is 0 Å². The second kappa shape index (κ2) is 8.88. The van der Waals surface area contributed by atoms with Crippen LogP contribution in [0.15, 0.2) is 67.1 Å². The molecule has 0 radical (unpaired) electrons. The lowest BCUT2D eigenvalue weighted by Gasteiger charge is -2.35. The van der Waals surface area contributed by atoms with Crippen LogP contribution in [0.4, 0.5) is 0 Å². The summed E-state index contributed by atoms with van der Waals surface area (Å²) < 4.78 is 1.85. The van der Waals surface area contributed by atoms with Gasteiger partial charge in [-0.25, -0.2) is 9.67 Å². The average molecular weight is 427 g/mol. The summed E-state index contributed by atoms with van der Waals surface area (Å²) in [5, 5.41) is 5.28. The third-order valence-electron chi connectivity index (χ3n) is 6.02. The molecule has 1 aliphatic rings. The lowest BCUT2D eigenvalue weighted by molar-refractivity contribution is 0.0630. The van der Waals surface area contributed by atoms with Gasteiger partial charge < -0.3 is 4.90 Å². The fraction of sp³-hybridized carbons (Fsp3) is 0.280. The fourth-order valence-corrected chi connectivity index (χ4v) is 4.24. The van der Waals surface area contributed by atoms with E-state index in [0.29, 0.717) is 25.2 Å². The van der Waals surface area contributed by atoms with Crippen LogP contribution in [-0.4, -0.2) is 61.6 Å². The maximum Gasteiger partial charge on any atom is 0.254 e. The van der Waals surface area contributed by atoms with Gasteiger partial charge in [-0.2, -0.15) is 5.10 Å². The first kappa shape index (κ1) is 20.3. The largest absolute Gasteiger partial charge is 0.336 e. The predicted molar refractivity (Wildman–Crippen MR) is 124 cm³/mol. The van der Waals surface area contributed by atoms with Gasteiger partial charge >= 0.3 is 0 Å². The van der Waals surface area contributed by atoms with Crippen LogP contribution < -0.4 is 0 Å². The van der Waals surface area contributed by atoms with Gasteiger partial charge in [-0.3, -0.25) is 14.7 Å². The molecule has 1 aliphatic heterocycles. The molecular formula is C25H26N6O. The quantitative estimate of drug-likeness (QED) is 0.489. The van der Waals surface area contributed by atoms with E-state index in [1.807, 2.05) is 77.4 Å². The van der Waals surface area contributed by atoms with Crippen molar-refractivity contribution in [3.05, 3.63) is 78.2 Å². The first-order valence-corrected chi connectivity index (χ1v) is 11.1. The summed E-state index contributed by atoms with van der Waals surface area (Å²) in [5.41, 5.74) is 4.47. The summed E-state index contributed by atoms with van der Waals surface area (Å²) in [4.78, 5) is 26.9. The van der Waals surface area contributed by atoms with Gasteiger partial charge in [-0.1, -0.05) is 30.3 Å². The minimum atomic E-state index is 0.0498. The molecule has 32 heavy (non-hydrogen) atoms. The van der Waals surface area contributed by atoms with E-state index in [0.717, 1.165) is 41.9 Å². The first-order valence-electron chi connectivity index (χ1n) is 11.1. The van der Waals surface area contributed by atoms with Crippen LogP contribution in [0.25, 0.3) is 22.3 Å². The lowest BCUT2D eigenvalue weighted by Crippen LogP contribution is -2.48. The highest BCUT2D eigenvalue weighted by Gasteiger charge is 2.25. The van der Waals surface area contributed by atoms with E-state index in [2.05, 4.69) is 15.0 Å². The molecular weight excluding hydrogens is 400 g/mol. The molecule has 5 rings (SSSR count). The highest BCUT2D eigenvalue weighted by Crippen LogP contribution is 2.26. The number of benzene rings is 1. The molecule has 1 fully saturated rings. The second-order valence-electron chi connectivity index (χ2n) is 8.04. The molecule has 1 aromatic carbocycles. The lowest BCUT2D eigenvalue weighted by atomic mass is 10.1. The smallest absolute Gasteiger partial charge is 0.254 e. The van der Waals surface area contributed by atoms with Crippen molar-refractivity contribution in [3.63, 3.8) is 0 Å². The van der Waals surface area contributed by atoms with Gasteiger partial charge in [-0.15, -0.1) is 0 Å². The molecule has 162 valence electrons. The Morgan fingerprint density at radius 2 is 1.75 bits per heavy atom. The summed E-state index contributed by atoms with van der Waals surface area (Å²) in [7, 11) is 0. The molecule has 4 aromatic rings. The number of nitrogens with zero attached hydrogens (tertiary/aromatic N) is 6. The van der Waals surface area contributed by atoms with Crippen molar-refractivity contribution in [1.82, 2.24) is 29.5 Å². The number of rotatable bonds is 5. The SMILES string of the molecule is CCn1ncc2c(C(=O)N3CCN(Cc4ccncc4)CC3)cc(-c3ccccc3)nc21. The van der Waals surface area contributed by atoms with Gasteiger partial charge in [0.25, 0.3) is 5.91 Å². The van der Waals surface area contributed by atoms with Crippen LogP contribution in [-0.2, 0) is 13.1 Å². The van der Waals surface area contributed by atoms with Gasteiger partial charge in [-0.05, 0) is 30.7 Å². The zero-order chi connectivity index (χ0) is 21.9. The number of amides is 1. The van der Waals surface area contributed by atoms with Crippen LogP contribution in [0.5, 0.6) is 0 Å². The second-order valence-corrected chi connectivity index (χ2v) is 8.04. The monoisotopic (exact) mass is 426 g/mol. The van der Waals surface area contributed by atoms with E-state index >= 15 is 0 Å². The standard InChI is InChI=1S/C25H26N6O/c1-2-31-24-22(17-27-31)21(16-23(28-24)20-6-4-3-5-7-20)25(32)30-14-12-29(13-15-30)18-19-8-10-26-11-9-19/h3-11,16-17H,2,12-15,18H2,1H3. The Kier molecular flexibility index (Phi) is 5.64. The number of aryl methyl sites for hydroxylation is 1. The van der Waals surface area contributed by atoms with E-state index in [-0.39, 0.29) is 5.91 Å². The number of pyridine rings is 2. The van der Waals surface area contributed by atoms with Gasteiger partial charge in [0.05, 0.1) is 22.8 Å². The zero-order valence-corrected chi connectivity index (χ0v) is 18.2. The number of hydrogen-bond donors (Lipinski definition) is 0. The van der Waals surface area contributed by atoms with Gasteiger partial charge in [0.15, 0.2) is 5.65 Å². The van der Waals surface area contributed by atoms with Crippen molar-refractivity contribution in [2.24, 2.45) is 0 Å². The summed E-state index contributed by atoms with van der Waals surface area (Å²) in [6.07, 6.45) is 5.42. The van der Waals surface area contributed by atoms with Crippen LogP contribution in [0.3, 0.4) is 0 Å². The van der Waals surface area contributed by atoms with E-state index in [4.69, 9.17) is 4.98 Å². The van der Waals surface area contributed by atoms with E-state index in [9.17, 15) is 4.79 Å². The number of fused-ring (bicyclic) bond motifs is 1. The third kappa shape index (κ3) is 3.99. The highest BCUT2D eigenvalue weighted by molar-refractivity contribution is 6.06. The number of hydrogen-bond acceptors (Lipinski definition) is 5. The van der Waals surface area contributed by atoms with Crippen molar-refractivity contribution in [1.29, 1.82) is 0 Å². The van der Waals surface area contributed by atoms with Crippen molar-refractivity contribution < 1.29 is 4.79 Å². The molecule has 0 N–H and O–H groups in total. The van der Waals surface area contributed by atoms with Crippen molar-refractivity contribution in [3.8, 4) is 11.3 Å². The number of carbonyl (C=O) groups is 1. The maximum absolute atomic E-state index is 13.6. The Balaban J connectivity index is 1.40. The maximum atomic E-state index is 13.6. The Bertz CT molecular complexity index is 1210. The molecule has 0 atom stereocenters. The average Bonchev–Trinajstić information content (AvgIpc) is 3.28. The molecule has 0 spiro atoms. The topological polar surface area (TPSA) is 67.2 Å². The van der Waals surface area contributed by atoms with E-state index in [1.165, 1.54) is 5.56 Å². The fourth-order valence-electron chi connectivity index (χ4n) is 4.24. The molecule has 0 aliphatic carbocycles. The first-order chi connectivity index (χ1) is 15.7. The Morgan fingerprint density at radius 1 is 1.00 bits per heavy atom. The minimum absolute atomic E-state index is 0.0498. The van der Waals surface area contributed by atoms with E-state index < -0.39 is 0 Å². The molecule has 0 bridgehead atoms. The molecule has 1 saturated heterocycles. The van der Waals surface area contributed by atoms with Crippen LogP contribution in [0, 0.1) is 0 Å². The summed E-state index contributed by atoms with van der Waals surface area (Å²) in [6, 6.07) is 16.0. The zero-order valence-electron chi connectivity index (χ0n) is 18.2. The third-order valence-corrected chi connectivity index (χ3v) is 6.02. The normalized spacial score (nSPS) is 14.7. The van der Waals surface area contributed by atoms with Gasteiger partial charge in [0.2, 0.25) is 0 Å². The number of carbonyl (C=O) groups excluding carboxylic acids is 1. The molecule has 0 saturated carbocycles. The van der Waals surface area contributed by atoms with Gasteiger partial charge in [0, 0.05) is 57.2 Å². The Hall–Kier alpha value is -3.58. The number of aromatic nitrogens is 4. The van der Waals surface area contributed by atoms with Crippen molar-refractivity contribution in [2.75, 3.05) is 26.2 Å². The van der Waals surface area contributed by atoms with Crippen LogP contribution in [0.1, 0.15) is 22.8 Å². The van der Waals surface area contributed by atoms with Gasteiger partial charge in [0.1, 0.15) is 0 Å². The minimum Gasteiger partial charge on any atom is -0.336 e. The Labute approximate surface area is 187 Å². The molecule has 0 unspecified atom stereocenters. The summed E-state index contributed by atoms with van der Waals surface area (Å²) >= 11 is 0. The summed E-state index contributed by atoms with van der Waals surface area (Å²) in [6.45, 7) is 6.73. The van der Waals surface area contributed by atoms with Crippen molar-refractivity contribution in [2.45, 2.75) is 20.0 Å². The molecule has 7 nitrogen and oxygen atoms in total. The Morgan fingerprint density at radius 3 is 2.47 bits per heavy atom. The van der Waals surface area contributed by atoms with Crippen LogP contribution in [0.2, 0.25) is 0 Å². The summed E-state index contributed by atoms with van der Waals surface area (Å²) in [5.74, 6) is 0.0498. The molecule has 3 aromatic heterocycles. The molecule has 1 amide bonds. The highest BCUT2D eigenvalue weighted by atomic mass is 16.2. The molecule has 4 heterocycles. The molecule has 7 heteroatoms. The van der Waals surface area contributed by atoms with Crippen molar-refractivity contribution >= 4 is 16.9 Å². The van der Waals surface area contributed by atoms with E-state index in [1.54, 1.807) is 6.20 Å². The number of piperazine rings is 1. The predicted octanol–water partition coefficient (Wildman–Crippen LogP) is 3.47.